The molecule has 0 aromatic carbocycles. The maximum Gasteiger partial charge on any atom is 0.0670 e. The first-order valence-electron chi connectivity index (χ1n) is 6.72. The maximum absolute atomic E-state index is 8.96. The second kappa shape index (κ2) is 15.9. The van der Waals surface area contributed by atoms with Gasteiger partial charge >= 0.3 is 0 Å². The lowest BCUT2D eigenvalue weighted by atomic mass is 10.1. The van der Waals surface area contributed by atoms with Crippen molar-refractivity contribution in [2.75, 3.05) is 0 Å². The van der Waals surface area contributed by atoms with Gasteiger partial charge in [0.05, 0.1) is 37.2 Å². The highest BCUT2D eigenvalue weighted by molar-refractivity contribution is 4.75. The number of nitrogens with zero attached hydrogens (tertiary/aromatic N) is 2. The van der Waals surface area contributed by atoms with Gasteiger partial charge in [0.25, 0.3) is 0 Å². The second-order valence-electron chi connectivity index (χ2n) is 4.32. The molecule has 104 valence electrons. The van der Waals surface area contributed by atoms with Gasteiger partial charge in [-0.05, 0) is 12.8 Å². The molecule has 0 aromatic heterocycles. The molecular formula is C14H26N2O2. The molecule has 2 atom stereocenters. The fourth-order valence-corrected chi connectivity index (χ4v) is 1.29. The van der Waals surface area contributed by atoms with Crippen LogP contribution < -0.4 is 0 Å². The summed E-state index contributed by atoms with van der Waals surface area (Å²) in [5.74, 6) is 0. The van der Waals surface area contributed by atoms with Gasteiger partial charge < -0.3 is 10.2 Å². The topological polar surface area (TPSA) is 88.0 Å². The lowest BCUT2D eigenvalue weighted by molar-refractivity contribution is 0.166. The van der Waals surface area contributed by atoms with Crippen molar-refractivity contribution in [3.8, 4) is 12.1 Å². The van der Waals surface area contributed by atoms with Crippen LogP contribution in [-0.4, -0.2) is 22.4 Å². The first-order chi connectivity index (χ1) is 8.62. The van der Waals surface area contributed by atoms with E-state index in [1.807, 2.05) is 12.1 Å². The fourth-order valence-electron chi connectivity index (χ4n) is 1.29. The molecule has 0 amide bonds. The van der Waals surface area contributed by atoms with Crippen LogP contribution in [0.15, 0.2) is 0 Å². The minimum atomic E-state index is -0.394. The minimum Gasteiger partial charge on any atom is -0.392 e. The Morgan fingerprint density at radius 3 is 1.39 bits per heavy atom. The van der Waals surface area contributed by atoms with Crippen LogP contribution >= 0.6 is 0 Å². The molecule has 4 heteroatoms. The van der Waals surface area contributed by atoms with Crippen molar-refractivity contribution >= 4 is 0 Å². The van der Waals surface area contributed by atoms with E-state index in [2.05, 4.69) is 13.8 Å². The van der Waals surface area contributed by atoms with Crippen LogP contribution in [0.1, 0.15) is 65.2 Å². The summed E-state index contributed by atoms with van der Waals surface area (Å²) >= 11 is 0. The molecule has 0 fully saturated rings. The standard InChI is InChI=1S/2C7H13NO/c2*1-2-3-4-7(9)5-6-8/h2*7,9H,2-5H2,1H3. The average Bonchev–Trinajstić information content (AvgIpc) is 2.35. The van der Waals surface area contributed by atoms with Crippen molar-refractivity contribution in [1.29, 1.82) is 10.5 Å². The third kappa shape index (κ3) is 17.3. The lowest BCUT2D eigenvalue weighted by Gasteiger charge is -2.02. The lowest BCUT2D eigenvalue weighted by Crippen LogP contribution is -2.03. The molecule has 18 heavy (non-hydrogen) atoms. The van der Waals surface area contributed by atoms with Crippen molar-refractivity contribution in [3.05, 3.63) is 0 Å². The molecule has 0 aliphatic carbocycles. The number of hydrogen-bond acceptors (Lipinski definition) is 4. The van der Waals surface area contributed by atoms with Gasteiger partial charge in [-0.2, -0.15) is 10.5 Å². The molecule has 0 aliphatic heterocycles. The summed E-state index contributed by atoms with van der Waals surface area (Å²) in [6.45, 7) is 4.14. The summed E-state index contributed by atoms with van der Waals surface area (Å²) in [5.41, 5.74) is 0. The van der Waals surface area contributed by atoms with Crippen molar-refractivity contribution in [2.24, 2.45) is 0 Å². The molecule has 0 rings (SSSR count). The van der Waals surface area contributed by atoms with Crippen LogP contribution in [0.3, 0.4) is 0 Å². The molecule has 0 saturated carbocycles. The highest BCUT2D eigenvalue weighted by atomic mass is 16.3. The number of rotatable bonds is 8. The summed E-state index contributed by atoms with van der Waals surface area (Å²) < 4.78 is 0. The maximum atomic E-state index is 8.96. The molecule has 2 N–H and O–H groups in total. The van der Waals surface area contributed by atoms with E-state index in [4.69, 9.17) is 20.7 Å². The SMILES string of the molecule is CCCCC(O)CC#N.CCCCC(O)CC#N. The smallest absolute Gasteiger partial charge is 0.0670 e. The zero-order valence-electron chi connectivity index (χ0n) is 11.6. The normalized spacial score (nSPS) is 12.6. The summed E-state index contributed by atoms with van der Waals surface area (Å²) in [6.07, 6.45) is 5.51. The van der Waals surface area contributed by atoms with E-state index in [-0.39, 0.29) is 12.8 Å². The number of aliphatic hydroxyl groups is 2. The molecule has 0 radical (unpaired) electrons. The summed E-state index contributed by atoms with van der Waals surface area (Å²) in [4.78, 5) is 0. The third-order valence-electron chi connectivity index (χ3n) is 2.44. The Balaban J connectivity index is 0. The van der Waals surface area contributed by atoms with Gasteiger partial charge in [-0.15, -0.1) is 0 Å². The van der Waals surface area contributed by atoms with E-state index < -0.39 is 12.2 Å². The van der Waals surface area contributed by atoms with Crippen molar-refractivity contribution in [1.82, 2.24) is 0 Å². The Morgan fingerprint density at radius 1 is 0.833 bits per heavy atom. The third-order valence-corrected chi connectivity index (χ3v) is 2.44. The van der Waals surface area contributed by atoms with Crippen molar-refractivity contribution in [3.63, 3.8) is 0 Å². The molecule has 0 aromatic rings. The minimum absolute atomic E-state index is 0.278. The van der Waals surface area contributed by atoms with Crippen LogP contribution in [-0.2, 0) is 0 Å². The average molecular weight is 254 g/mol. The van der Waals surface area contributed by atoms with Crippen LogP contribution in [0.25, 0.3) is 0 Å². The first kappa shape index (κ1) is 19.2. The Kier molecular flexibility index (Phi) is 17.0. The second-order valence-corrected chi connectivity index (χ2v) is 4.32. The molecule has 0 saturated heterocycles. The molecule has 4 nitrogen and oxygen atoms in total. The van der Waals surface area contributed by atoms with Crippen LogP contribution in [0.4, 0.5) is 0 Å². The predicted molar refractivity (Wildman–Crippen MR) is 71.5 cm³/mol. The Hall–Kier alpha value is -1.10. The van der Waals surface area contributed by atoms with Gasteiger partial charge in [0.2, 0.25) is 0 Å². The molecule has 2 unspecified atom stereocenters. The number of unbranched alkanes of at least 4 members (excludes halogenated alkanes) is 2. The van der Waals surface area contributed by atoms with E-state index in [1.54, 1.807) is 0 Å². The summed E-state index contributed by atoms with van der Waals surface area (Å²) in [5, 5.41) is 34.2. The Bertz CT molecular complexity index is 217. The van der Waals surface area contributed by atoms with E-state index >= 15 is 0 Å². The van der Waals surface area contributed by atoms with E-state index in [1.165, 1.54) is 0 Å². The summed E-state index contributed by atoms with van der Waals surface area (Å²) in [7, 11) is 0. The number of aliphatic hydroxyl groups excluding tert-OH is 2. The largest absolute Gasteiger partial charge is 0.392 e. The molecule has 0 bridgehead atoms. The van der Waals surface area contributed by atoms with Gasteiger partial charge in [-0.1, -0.05) is 39.5 Å². The molecule has 0 heterocycles. The molecule has 0 aliphatic rings. The fraction of sp³-hybridized carbons (Fsp3) is 0.857. The quantitative estimate of drug-likeness (QED) is 0.697. The van der Waals surface area contributed by atoms with Crippen molar-refractivity contribution < 1.29 is 10.2 Å². The van der Waals surface area contributed by atoms with Crippen LogP contribution in [0.5, 0.6) is 0 Å². The van der Waals surface area contributed by atoms with E-state index in [9.17, 15) is 0 Å². The highest BCUT2D eigenvalue weighted by Gasteiger charge is 2.00. The molecular weight excluding hydrogens is 228 g/mol. The van der Waals surface area contributed by atoms with Crippen LogP contribution in [0, 0.1) is 22.7 Å². The van der Waals surface area contributed by atoms with Gasteiger partial charge in [0.15, 0.2) is 0 Å². The Labute approximate surface area is 111 Å². The van der Waals surface area contributed by atoms with Crippen molar-refractivity contribution in [2.45, 2.75) is 77.4 Å². The van der Waals surface area contributed by atoms with Gasteiger partial charge in [0, 0.05) is 0 Å². The van der Waals surface area contributed by atoms with Gasteiger partial charge in [-0.3, -0.25) is 0 Å². The zero-order chi connectivity index (χ0) is 14.2. The number of nitriles is 2. The van der Waals surface area contributed by atoms with E-state index in [0.717, 1.165) is 38.5 Å². The number of hydrogen-bond donors (Lipinski definition) is 2. The summed E-state index contributed by atoms with van der Waals surface area (Å²) in [6, 6.07) is 3.85. The van der Waals surface area contributed by atoms with Gasteiger partial charge in [0.1, 0.15) is 0 Å². The Morgan fingerprint density at radius 2 is 1.17 bits per heavy atom. The first-order valence-corrected chi connectivity index (χ1v) is 6.72. The van der Waals surface area contributed by atoms with Gasteiger partial charge in [-0.25, -0.2) is 0 Å². The van der Waals surface area contributed by atoms with E-state index in [0.29, 0.717) is 0 Å². The van der Waals surface area contributed by atoms with Crippen LogP contribution in [0.2, 0.25) is 0 Å². The molecule has 0 spiro atoms. The monoisotopic (exact) mass is 254 g/mol. The highest BCUT2D eigenvalue weighted by Crippen LogP contribution is 2.02. The predicted octanol–water partition coefficient (Wildman–Crippen LogP) is 2.90. The zero-order valence-corrected chi connectivity index (χ0v) is 11.6.